The maximum absolute atomic E-state index is 6.52. The Morgan fingerprint density at radius 2 is 1.88 bits per heavy atom. The molecule has 17 heavy (non-hydrogen) atoms. The van der Waals surface area contributed by atoms with E-state index in [1.54, 1.807) is 7.11 Å². The standard InChI is InChI=1S/C15H31NO/c1-5-6-13-7-9-15(16,10-8-13)12-11-14(2,3)17-4/h13H,5-12,16H2,1-4H3. The van der Waals surface area contributed by atoms with Crippen LogP contribution in [0.3, 0.4) is 0 Å². The summed E-state index contributed by atoms with van der Waals surface area (Å²) in [7, 11) is 1.79. The number of ether oxygens (including phenoxy) is 1. The lowest BCUT2D eigenvalue weighted by molar-refractivity contribution is 0.00620. The third-order valence-corrected chi connectivity index (χ3v) is 4.58. The quantitative estimate of drug-likeness (QED) is 0.766. The molecule has 1 fully saturated rings. The molecule has 2 N–H and O–H groups in total. The van der Waals surface area contributed by atoms with Crippen LogP contribution in [-0.2, 0) is 4.74 Å². The van der Waals surface area contributed by atoms with Crippen molar-refractivity contribution in [2.24, 2.45) is 11.7 Å². The number of hydrogen-bond acceptors (Lipinski definition) is 2. The first-order valence-electron chi connectivity index (χ1n) is 7.25. The highest BCUT2D eigenvalue weighted by Gasteiger charge is 2.32. The molecule has 0 aliphatic heterocycles. The summed E-state index contributed by atoms with van der Waals surface area (Å²) in [6.45, 7) is 6.59. The van der Waals surface area contributed by atoms with Gasteiger partial charge in [-0.2, -0.15) is 0 Å². The van der Waals surface area contributed by atoms with E-state index in [0.717, 1.165) is 18.8 Å². The Morgan fingerprint density at radius 3 is 2.35 bits per heavy atom. The Balaban J connectivity index is 2.34. The molecule has 2 nitrogen and oxygen atoms in total. The van der Waals surface area contributed by atoms with Crippen molar-refractivity contribution in [2.75, 3.05) is 7.11 Å². The Labute approximate surface area is 107 Å². The van der Waals surface area contributed by atoms with E-state index in [-0.39, 0.29) is 11.1 Å². The zero-order chi connectivity index (χ0) is 12.9. The van der Waals surface area contributed by atoms with Gasteiger partial charge in [0.15, 0.2) is 0 Å². The first-order valence-corrected chi connectivity index (χ1v) is 7.25. The molecule has 0 aromatic heterocycles. The summed E-state index contributed by atoms with van der Waals surface area (Å²) in [5.74, 6) is 0.937. The predicted molar refractivity (Wildman–Crippen MR) is 74.1 cm³/mol. The molecule has 1 aliphatic carbocycles. The van der Waals surface area contributed by atoms with E-state index in [0.29, 0.717) is 0 Å². The van der Waals surface area contributed by atoms with Crippen LogP contribution in [0.4, 0.5) is 0 Å². The summed E-state index contributed by atoms with van der Waals surface area (Å²) in [6.07, 6.45) is 9.95. The fourth-order valence-electron chi connectivity index (χ4n) is 2.85. The summed E-state index contributed by atoms with van der Waals surface area (Å²) in [6, 6.07) is 0. The molecular weight excluding hydrogens is 210 g/mol. The van der Waals surface area contributed by atoms with Gasteiger partial charge in [0.25, 0.3) is 0 Å². The van der Waals surface area contributed by atoms with Crippen LogP contribution >= 0.6 is 0 Å². The molecule has 0 bridgehead atoms. The summed E-state index contributed by atoms with van der Waals surface area (Å²) in [5, 5.41) is 0. The summed E-state index contributed by atoms with van der Waals surface area (Å²) in [5.41, 5.74) is 6.59. The molecule has 0 saturated heterocycles. The lowest BCUT2D eigenvalue weighted by Gasteiger charge is -2.39. The van der Waals surface area contributed by atoms with Gasteiger partial charge in [0.2, 0.25) is 0 Å². The Kier molecular flexibility index (Phi) is 5.46. The van der Waals surface area contributed by atoms with Crippen molar-refractivity contribution in [2.45, 2.75) is 83.3 Å². The largest absolute Gasteiger partial charge is 0.379 e. The molecule has 1 aliphatic rings. The highest BCUT2D eigenvalue weighted by Crippen LogP contribution is 2.36. The highest BCUT2D eigenvalue weighted by atomic mass is 16.5. The molecule has 0 aromatic carbocycles. The van der Waals surface area contributed by atoms with E-state index < -0.39 is 0 Å². The van der Waals surface area contributed by atoms with Crippen molar-refractivity contribution < 1.29 is 4.74 Å². The average Bonchev–Trinajstić information content (AvgIpc) is 2.31. The average molecular weight is 241 g/mol. The number of methoxy groups -OCH3 is 1. The van der Waals surface area contributed by atoms with Crippen LogP contribution in [0.2, 0.25) is 0 Å². The third-order valence-electron chi connectivity index (χ3n) is 4.58. The van der Waals surface area contributed by atoms with Gasteiger partial charge >= 0.3 is 0 Å². The second-order valence-corrected chi connectivity index (χ2v) is 6.56. The van der Waals surface area contributed by atoms with Gasteiger partial charge in [-0.15, -0.1) is 0 Å². The minimum atomic E-state index is -0.0212. The molecule has 0 aromatic rings. The molecule has 0 heterocycles. The normalized spacial score (nSPS) is 30.5. The molecular formula is C15H31NO. The van der Waals surface area contributed by atoms with Crippen molar-refractivity contribution in [3.05, 3.63) is 0 Å². The smallest absolute Gasteiger partial charge is 0.0623 e. The lowest BCUT2D eigenvalue weighted by Crippen LogP contribution is -2.44. The fourth-order valence-corrected chi connectivity index (χ4v) is 2.85. The lowest BCUT2D eigenvalue weighted by atomic mass is 9.73. The summed E-state index contributed by atoms with van der Waals surface area (Å²) >= 11 is 0. The molecule has 1 rings (SSSR count). The zero-order valence-electron chi connectivity index (χ0n) is 12.2. The summed E-state index contributed by atoms with van der Waals surface area (Å²) < 4.78 is 5.48. The molecule has 0 spiro atoms. The topological polar surface area (TPSA) is 35.2 Å². The second-order valence-electron chi connectivity index (χ2n) is 6.56. The first kappa shape index (κ1) is 15.0. The van der Waals surface area contributed by atoms with Crippen LogP contribution in [0.5, 0.6) is 0 Å². The number of hydrogen-bond donors (Lipinski definition) is 1. The van der Waals surface area contributed by atoms with Gasteiger partial charge in [0.05, 0.1) is 5.60 Å². The Hall–Kier alpha value is -0.0800. The number of nitrogens with two attached hydrogens (primary N) is 1. The van der Waals surface area contributed by atoms with Crippen molar-refractivity contribution in [1.82, 2.24) is 0 Å². The molecule has 0 unspecified atom stereocenters. The fraction of sp³-hybridized carbons (Fsp3) is 1.00. The van der Waals surface area contributed by atoms with Gasteiger partial charge < -0.3 is 10.5 Å². The molecule has 0 radical (unpaired) electrons. The van der Waals surface area contributed by atoms with Gasteiger partial charge in [-0.05, 0) is 58.3 Å². The first-order chi connectivity index (χ1) is 7.91. The van der Waals surface area contributed by atoms with Crippen molar-refractivity contribution in [3.8, 4) is 0 Å². The van der Waals surface area contributed by atoms with Crippen LogP contribution in [0.15, 0.2) is 0 Å². The number of rotatable bonds is 6. The van der Waals surface area contributed by atoms with E-state index in [2.05, 4.69) is 20.8 Å². The van der Waals surface area contributed by atoms with Crippen LogP contribution in [0.1, 0.15) is 72.1 Å². The SMILES string of the molecule is CCCC1CCC(N)(CCC(C)(C)OC)CC1. The molecule has 1 saturated carbocycles. The Morgan fingerprint density at radius 1 is 1.29 bits per heavy atom. The van der Waals surface area contributed by atoms with Gasteiger partial charge in [-0.25, -0.2) is 0 Å². The van der Waals surface area contributed by atoms with Gasteiger partial charge in [-0.3, -0.25) is 0 Å². The Bertz CT molecular complexity index is 217. The molecule has 102 valence electrons. The van der Waals surface area contributed by atoms with E-state index in [9.17, 15) is 0 Å². The highest BCUT2D eigenvalue weighted by molar-refractivity contribution is 4.91. The summed E-state index contributed by atoms with van der Waals surface area (Å²) in [4.78, 5) is 0. The minimum absolute atomic E-state index is 0.0212. The van der Waals surface area contributed by atoms with Gasteiger partial charge in [0, 0.05) is 12.6 Å². The molecule has 0 amide bonds. The maximum atomic E-state index is 6.52. The van der Waals surface area contributed by atoms with Crippen LogP contribution in [0.25, 0.3) is 0 Å². The van der Waals surface area contributed by atoms with E-state index in [1.807, 2.05) is 0 Å². The van der Waals surface area contributed by atoms with Crippen LogP contribution in [0, 0.1) is 5.92 Å². The second kappa shape index (κ2) is 6.19. The third kappa shape index (κ3) is 4.97. The van der Waals surface area contributed by atoms with E-state index in [4.69, 9.17) is 10.5 Å². The maximum Gasteiger partial charge on any atom is 0.0623 e. The van der Waals surface area contributed by atoms with Crippen molar-refractivity contribution in [1.29, 1.82) is 0 Å². The molecule has 0 atom stereocenters. The van der Waals surface area contributed by atoms with Crippen LogP contribution in [-0.4, -0.2) is 18.2 Å². The van der Waals surface area contributed by atoms with E-state index >= 15 is 0 Å². The van der Waals surface area contributed by atoms with Crippen LogP contribution < -0.4 is 5.73 Å². The zero-order valence-corrected chi connectivity index (χ0v) is 12.2. The van der Waals surface area contributed by atoms with Crippen molar-refractivity contribution >= 4 is 0 Å². The van der Waals surface area contributed by atoms with Gasteiger partial charge in [-0.1, -0.05) is 19.8 Å². The van der Waals surface area contributed by atoms with Gasteiger partial charge in [0.1, 0.15) is 0 Å². The predicted octanol–water partition coefficient (Wildman–Crippen LogP) is 3.88. The monoisotopic (exact) mass is 241 g/mol. The van der Waals surface area contributed by atoms with E-state index in [1.165, 1.54) is 38.5 Å². The minimum Gasteiger partial charge on any atom is -0.379 e. The van der Waals surface area contributed by atoms with Crippen molar-refractivity contribution in [3.63, 3.8) is 0 Å². The molecule has 2 heteroatoms.